The van der Waals surface area contributed by atoms with Crippen molar-refractivity contribution in [2.75, 3.05) is 19.6 Å². The van der Waals surface area contributed by atoms with E-state index in [0.29, 0.717) is 38.5 Å². The van der Waals surface area contributed by atoms with Crippen molar-refractivity contribution in [3.8, 4) is 0 Å². The van der Waals surface area contributed by atoms with Gasteiger partial charge >= 0.3 is 5.97 Å². The van der Waals surface area contributed by atoms with Crippen LogP contribution in [0.15, 0.2) is 35.5 Å². The second-order valence-corrected chi connectivity index (χ2v) is 14.0. The zero-order chi connectivity index (χ0) is 38.8. The fraction of sp³-hybridized carbons (Fsp3) is 0.583. The third kappa shape index (κ3) is 10.2. The molecule has 2 aromatic rings. The minimum Gasteiger partial charge on any atom is -0.480 e. The molecule has 4 rings (SSSR count). The molecule has 53 heavy (non-hydrogen) atoms. The van der Waals surface area contributed by atoms with Gasteiger partial charge in [-0.2, -0.15) is 0 Å². The van der Waals surface area contributed by atoms with Crippen LogP contribution < -0.4 is 33.2 Å². The first-order valence-electron chi connectivity index (χ1n) is 18.3. The summed E-state index contributed by atoms with van der Waals surface area (Å²) in [6, 6.07) is 1.61. The van der Waals surface area contributed by atoms with Crippen molar-refractivity contribution in [2.45, 2.75) is 108 Å². The number of nitrogens with one attached hydrogen (secondary N) is 4. The molecule has 290 valence electrons. The molecule has 0 aliphatic carbocycles. The molecule has 3 heterocycles. The van der Waals surface area contributed by atoms with Crippen molar-refractivity contribution in [2.24, 2.45) is 28.1 Å². The van der Waals surface area contributed by atoms with Gasteiger partial charge in [-0.1, -0.05) is 38.5 Å². The summed E-state index contributed by atoms with van der Waals surface area (Å²) in [5, 5.41) is 18.8. The van der Waals surface area contributed by atoms with Crippen LogP contribution in [0.2, 0.25) is 0 Å². The molecule has 2 aliphatic rings. The molecule has 0 unspecified atom stereocenters. The highest BCUT2D eigenvalue weighted by Crippen LogP contribution is 2.24. The molecule has 17 nitrogen and oxygen atoms in total. The van der Waals surface area contributed by atoms with E-state index in [1.807, 2.05) is 38.1 Å². The van der Waals surface area contributed by atoms with Crippen LogP contribution in [-0.4, -0.2) is 117 Å². The average Bonchev–Trinajstić information content (AvgIpc) is 3.91. The van der Waals surface area contributed by atoms with E-state index < -0.39 is 71.8 Å². The molecule has 1 aromatic heterocycles. The maximum absolute atomic E-state index is 13.8. The molecule has 11 N–H and O–H groups in total. The lowest BCUT2D eigenvalue weighted by molar-refractivity contribution is -0.150. The average molecular weight is 739 g/mol. The van der Waals surface area contributed by atoms with Crippen LogP contribution >= 0.6 is 0 Å². The van der Waals surface area contributed by atoms with Crippen molar-refractivity contribution in [1.82, 2.24) is 30.7 Å². The van der Waals surface area contributed by atoms with Gasteiger partial charge in [0.25, 0.3) is 0 Å². The molecule has 17 heteroatoms. The molecular weight excluding hydrogens is 684 g/mol. The van der Waals surface area contributed by atoms with Gasteiger partial charge in [0.1, 0.15) is 30.2 Å². The molecule has 1 aromatic carbocycles. The number of H-pyrrole nitrogens is 1. The van der Waals surface area contributed by atoms with Gasteiger partial charge in [-0.05, 0) is 63.0 Å². The van der Waals surface area contributed by atoms with E-state index >= 15 is 0 Å². The molecule has 7 atom stereocenters. The minimum absolute atomic E-state index is 0.0679. The number of aliphatic carboxylic acids is 1. The normalized spacial score (nSPS) is 19.8. The van der Waals surface area contributed by atoms with Crippen LogP contribution in [0.3, 0.4) is 0 Å². The predicted molar refractivity (Wildman–Crippen MR) is 198 cm³/mol. The number of aromatic nitrogens is 1. The lowest BCUT2D eigenvalue weighted by Crippen LogP contribution is -2.59. The SMILES string of the molecule is CC[C@H](C)[C@H](NC(=O)[C@@H]1CCCN1C(=O)[C@H](C)NC(=O)[C@H](Cc1c[nH]c2ccccc12)NC(=O)[C@@H](N)CCCN=C(N)N)C(=O)N1CCC[C@H]1C(=O)O. The quantitative estimate of drug-likeness (QED) is 0.0595. The number of aromatic amines is 1. The van der Waals surface area contributed by atoms with E-state index in [1.165, 1.54) is 16.7 Å². The largest absolute Gasteiger partial charge is 0.480 e. The second-order valence-electron chi connectivity index (χ2n) is 14.0. The van der Waals surface area contributed by atoms with Crippen molar-refractivity contribution in [3.63, 3.8) is 0 Å². The lowest BCUT2D eigenvalue weighted by atomic mass is 9.96. The third-order valence-corrected chi connectivity index (χ3v) is 10.2. The fourth-order valence-electron chi connectivity index (χ4n) is 6.98. The molecule has 0 radical (unpaired) electrons. The van der Waals surface area contributed by atoms with Crippen molar-refractivity contribution in [1.29, 1.82) is 0 Å². The number of likely N-dealkylation sites (tertiary alicyclic amines) is 2. The number of hydrogen-bond donors (Lipinski definition) is 8. The minimum atomic E-state index is -1.10. The Labute approximate surface area is 308 Å². The summed E-state index contributed by atoms with van der Waals surface area (Å²) in [4.78, 5) is 89.7. The number of fused-ring (bicyclic) bond motifs is 1. The smallest absolute Gasteiger partial charge is 0.326 e. The first kappa shape index (κ1) is 40.6. The van der Waals surface area contributed by atoms with Crippen LogP contribution in [-0.2, 0) is 35.2 Å². The number of hydrogen-bond acceptors (Lipinski definition) is 8. The number of benzene rings is 1. The molecule has 0 saturated carbocycles. The maximum atomic E-state index is 13.8. The Hall–Kier alpha value is -5.19. The van der Waals surface area contributed by atoms with Crippen LogP contribution in [0.25, 0.3) is 10.9 Å². The van der Waals surface area contributed by atoms with Crippen LogP contribution in [0, 0.1) is 5.92 Å². The Morgan fingerprint density at radius 1 is 0.943 bits per heavy atom. The van der Waals surface area contributed by atoms with E-state index in [4.69, 9.17) is 17.2 Å². The van der Waals surface area contributed by atoms with E-state index in [9.17, 15) is 33.9 Å². The molecule has 2 aliphatic heterocycles. The summed E-state index contributed by atoms with van der Waals surface area (Å²) < 4.78 is 0. The summed E-state index contributed by atoms with van der Waals surface area (Å²) in [7, 11) is 0. The summed E-state index contributed by atoms with van der Waals surface area (Å²) in [5.41, 5.74) is 18.5. The van der Waals surface area contributed by atoms with Gasteiger partial charge < -0.3 is 53.0 Å². The lowest BCUT2D eigenvalue weighted by Gasteiger charge is -2.33. The highest BCUT2D eigenvalue weighted by molar-refractivity contribution is 5.97. The van der Waals surface area contributed by atoms with Crippen molar-refractivity contribution < 1.29 is 33.9 Å². The molecule has 5 amide bonds. The molecule has 0 spiro atoms. The first-order valence-corrected chi connectivity index (χ1v) is 18.3. The number of carboxylic acids is 1. The van der Waals surface area contributed by atoms with Crippen LogP contribution in [0.4, 0.5) is 0 Å². The monoisotopic (exact) mass is 738 g/mol. The maximum Gasteiger partial charge on any atom is 0.326 e. The summed E-state index contributed by atoms with van der Waals surface area (Å²) in [5.74, 6) is -4.08. The van der Waals surface area contributed by atoms with Crippen molar-refractivity contribution >= 4 is 52.4 Å². The van der Waals surface area contributed by atoms with Gasteiger partial charge in [0, 0.05) is 43.2 Å². The highest BCUT2D eigenvalue weighted by Gasteiger charge is 2.42. The van der Waals surface area contributed by atoms with Gasteiger partial charge in [0.15, 0.2) is 5.96 Å². The number of guanidine groups is 1. The summed E-state index contributed by atoms with van der Waals surface area (Å²) >= 11 is 0. The Balaban J connectivity index is 1.45. The van der Waals surface area contributed by atoms with E-state index in [-0.39, 0.29) is 44.4 Å². The van der Waals surface area contributed by atoms with Gasteiger partial charge in [0.2, 0.25) is 29.5 Å². The Kier molecular flexibility index (Phi) is 14.2. The van der Waals surface area contributed by atoms with Gasteiger partial charge in [0.05, 0.1) is 6.04 Å². The molecular formula is C36H54N10O7. The number of rotatable bonds is 17. The topological polar surface area (TPSA) is 271 Å². The van der Waals surface area contributed by atoms with Crippen LogP contribution in [0.5, 0.6) is 0 Å². The van der Waals surface area contributed by atoms with Crippen LogP contribution in [0.1, 0.15) is 71.3 Å². The number of amides is 5. The Bertz CT molecular complexity index is 1670. The summed E-state index contributed by atoms with van der Waals surface area (Å²) in [6.07, 6.45) is 4.89. The van der Waals surface area contributed by atoms with E-state index in [2.05, 4.69) is 25.9 Å². The number of nitrogens with zero attached hydrogens (tertiary/aromatic N) is 3. The van der Waals surface area contributed by atoms with Gasteiger partial charge in [-0.15, -0.1) is 0 Å². The fourth-order valence-corrected chi connectivity index (χ4v) is 6.98. The Morgan fingerprint density at radius 3 is 2.26 bits per heavy atom. The number of nitrogens with two attached hydrogens (primary N) is 3. The highest BCUT2D eigenvalue weighted by atomic mass is 16.4. The van der Waals surface area contributed by atoms with Crippen molar-refractivity contribution in [3.05, 3.63) is 36.0 Å². The molecule has 2 fully saturated rings. The van der Waals surface area contributed by atoms with Gasteiger partial charge in [-0.3, -0.25) is 29.0 Å². The second kappa shape index (κ2) is 18.5. The number of carboxylic acid groups (broad SMARTS) is 1. The number of carbonyl (C=O) groups excluding carboxylic acids is 5. The molecule has 0 bridgehead atoms. The zero-order valence-corrected chi connectivity index (χ0v) is 30.7. The van der Waals surface area contributed by atoms with E-state index in [0.717, 1.165) is 16.5 Å². The number of aliphatic imine (C=N–C) groups is 1. The number of carbonyl (C=O) groups is 6. The first-order chi connectivity index (χ1) is 25.2. The third-order valence-electron chi connectivity index (χ3n) is 10.2. The molecule has 2 saturated heterocycles. The Morgan fingerprint density at radius 2 is 1.60 bits per heavy atom. The number of para-hydroxylation sites is 1. The standard InChI is InChI=1S/C36H54N10O7/c1-4-20(2)29(34(51)46-17-9-14-28(46)35(52)53)44-32(49)27-13-8-16-45(27)33(50)21(3)42-31(48)26(18-22-19-41-25-12-6-5-10-23(22)25)43-30(47)24(37)11-7-15-40-36(38)39/h5-6,10,12,19-21,24,26-29,41H,4,7-9,11,13-18,37H2,1-3H3,(H,42,48)(H,43,47)(H,44,49)(H,52,53)(H4,38,39,40)/t20-,21-,24-,26-,27-,28-,29-/m0/s1. The predicted octanol–water partition coefficient (Wildman–Crippen LogP) is -0.322. The van der Waals surface area contributed by atoms with E-state index in [1.54, 1.807) is 6.20 Å². The van der Waals surface area contributed by atoms with Gasteiger partial charge in [-0.25, -0.2) is 4.79 Å². The zero-order valence-electron chi connectivity index (χ0n) is 30.7. The summed E-state index contributed by atoms with van der Waals surface area (Å²) in [6.45, 7) is 6.04.